The van der Waals surface area contributed by atoms with Gasteiger partial charge in [0.25, 0.3) is 0 Å². The van der Waals surface area contributed by atoms with E-state index in [9.17, 15) is 47.9 Å². The van der Waals surface area contributed by atoms with Gasteiger partial charge in [0, 0.05) is 51.7 Å². The lowest BCUT2D eigenvalue weighted by molar-refractivity contribution is -0.137. The zero-order chi connectivity index (χ0) is 51.7. The lowest BCUT2D eigenvalue weighted by atomic mass is 10.0. The summed E-state index contributed by atoms with van der Waals surface area (Å²) in [5.41, 5.74) is 0. The minimum absolute atomic E-state index is 0.0264. The number of aldehydes is 3. The molecule has 0 rings (SSSR count). The van der Waals surface area contributed by atoms with Gasteiger partial charge in [-0.05, 0) is 38.5 Å². The Labute approximate surface area is 414 Å². The molecule has 0 aromatic carbocycles. The Kier molecular flexibility index (Phi) is 44.5. The van der Waals surface area contributed by atoms with Gasteiger partial charge in [0.1, 0.15) is 32.1 Å². The summed E-state index contributed by atoms with van der Waals surface area (Å²) in [7, 11) is 0. The van der Waals surface area contributed by atoms with E-state index in [4.69, 9.17) is 24.1 Å². The van der Waals surface area contributed by atoms with E-state index < -0.39 is 35.9 Å². The average Bonchev–Trinajstić information content (AvgIpc) is 3.34. The highest BCUT2D eigenvalue weighted by Gasteiger charge is 2.19. The summed E-state index contributed by atoms with van der Waals surface area (Å²) in [6.07, 6.45) is 18.6. The van der Waals surface area contributed by atoms with Crippen LogP contribution in [0.3, 0.4) is 0 Å². The summed E-state index contributed by atoms with van der Waals surface area (Å²) in [6.45, 7) is 4.27. The number of unbranched alkanes of at least 4 members (excludes halogenated alkanes) is 14. The first-order chi connectivity index (χ1) is 33.9. The zero-order valence-corrected chi connectivity index (χ0v) is 41.9. The molecule has 0 fully saturated rings. The van der Waals surface area contributed by atoms with Gasteiger partial charge in [-0.3, -0.25) is 33.6 Å². The molecule has 402 valence electrons. The van der Waals surface area contributed by atoms with E-state index in [-0.39, 0.29) is 141 Å². The van der Waals surface area contributed by atoms with Crippen LogP contribution in [-0.4, -0.2) is 156 Å². The maximum absolute atomic E-state index is 12.5. The van der Waals surface area contributed by atoms with Gasteiger partial charge in [-0.25, -0.2) is 0 Å². The molecule has 0 unspecified atom stereocenters. The molecule has 3 atom stereocenters. The fourth-order valence-corrected chi connectivity index (χ4v) is 6.79. The van der Waals surface area contributed by atoms with Crippen LogP contribution >= 0.6 is 0 Å². The highest BCUT2D eigenvalue weighted by atomic mass is 16.5. The topological polar surface area (TPSA) is 300 Å². The maximum Gasteiger partial charge on any atom is 0.303 e. The number of ether oxygens (including phenoxy) is 4. The molecule has 0 saturated carbocycles. The Morgan fingerprint density at radius 2 is 0.714 bits per heavy atom. The second kappa shape index (κ2) is 47.8. The van der Waals surface area contributed by atoms with Crippen LogP contribution in [-0.2, 0) is 66.9 Å². The summed E-state index contributed by atoms with van der Waals surface area (Å²) in [5.74, 6) is -2.93. The first-order valence-corrected chi connectivity index (χ1v) is 25.5. The van der Waals surface area contributed by atoms with Gasteiger partial charge in [-0.2, -0.15) is 0 Å². The Hall–Kier alpha value is -4.86. The zero-order valence-electron chi connectivity index (χ0n) is 41.9. The highest BCUT2D eigenvalue weighted by Crippen LogP contribution is 2.14. The number of carbonyl (C=O) groups excluding carboxylic acids is 9. The molecule has 21 nitrogen and oxygen atoms in total. The molecule has 0 saturated heterocycles. The van der Waals surface area contributed by atoms with Crippen molar-refractivity contribution in [1.82, 2.24) is 31.9 Å². The van der Waals surface area contributed by atoms with Crippen LogP contribution < -0.4 is 31.9 Å². The molecule has 70 heavy (non-hydrogen) atoms. The van der Waals surface area contributed by atoms with Crippen LogP contribution in [0, 0.1) is 0 Å². The van der Waals surface area contributed by atoms with Gasteiger partial charge in [-0.15, -0.1) is 0 Å². The second-order valence-electron chi connectivity index (χ2n) is 17.1. The minimum Gasteiger partial charge on any atom is -0.481 e. The fraction of sp³-hybridized carbons (Fsp3) is 0.796. The lowest BCUT2D eigenvalue weighted by Crippen LogP contribution is -2.41. The Balaban J connectivity index is 3.96. The number of carboxylic acids is 1. The molecule has 0 heterocycles. The number of nitrogens with one attached hydrogen (secondary N) is 6. The third-order valence-electron chi connectivity index (χ3n) is 10.8. The summed E-state index contributed by atoms with van der Waals surface area (Å²) in [6, 6.07) is -2.80. The standard InChI is InChI=1S/C49H86N6O15/c1-2-3-26-50-47(63)38-69-33-32-68-30-28-52-48(64)39-70-34-31-67-29-27-51-43(59)23-20-40(35-56)54-45(61)25-22-42(37-58)55-46(62)24-21-41(36-57)53-44(60)18-16-14-12-10-8-6-4-5-7-9-11-13-15-17-19-49(65)66/h35-37,40-42H,2-34,38-39H2,1H3,(H,50,63)(H,51,59)(H,52,64)(H,53,60)(H,54,61)(H,55,62)(H,65,66)/t40-,41-,42-/m0/s1. The van der Waals surface area contributed by atoms with Crippen LogP contribution in [0.2, 0.25) is 0 Å². The molecule has 0 aromatic heterocycles. The summed E-state index contributed by atoms with van der Waals surface area (Å²) in [5, 5.41) is 24.4. The van der Waals surface area contributed by atoms with Crippen molar-refractivity contribution in [3.63, 3.8) is 0 Å². The molecule has 0 aromatic rings. The number of rotatable bonds is 51. The van der Waals surface area contributed by atoms with Crippen LogP contribution in [0.1, 0.15) is 161 Å². The van der Waals surface area contributed by atoms with Crippen molar-refractivity contribution in [2.75, 3.05) is 72.5 Å². The van der Waals surface area contributed by atoms with Crippen molar-refractivity contribution in [2.45, 2.75) is 179 Å². The van der Waals surface area contributed by atoms with Crippen molar-refractivity contribution in [3.05, 3.63) is 0 Å². The molecule has 0 aliphatic heterocycles. The van der Waals surface area contributed by atoms with Gasteiger partial charge >= 0.3 is 5.97 Å². The maximum atomic E-state index is 12.5. The predicted octanol–water partition coefficient (Wildman–Crippen LogP) is 2.92. The van der Waals surface area contributed by atoms with E-state index in [1.165, 1.54) is 38.5 Å². The second-order valence-corrected chi connectivity index (χ2v) is 17.1. The van der Waals surface area contributed by atoms with E-state index in [1.807, 2.05) is 6.92 Å². The smallest absolute Gasteiger partial charge is 0.303 e. The minimum atomic E-state index is -0.994. The Morgan fingerprint density at radius 3 is 1.10 bits per heavy atom. The molecule has 0 aliphatic carbocycles. The molecule has 6 amide bonds. The van der Waals surface area contributed by atoms with E-state index in [1.54, 1.807) is 0 Å². The fourth-order valence-electron chi connectivity index (χ4n) is 6.79. The number of hydrogen-bond donors (Lipinski definition) is 7. The lowest BCUT2D eigenvalue weighted by Gasteiger charge is -2.16. The van der Waals surface area contributed by atoms with Gasteiger partial charge in [0.15, 0.2) is 0 Å². The van der Waals surface area contributed by atoms with E-state index >= 15 is 0 Å². The van der Waals surface area contributed by atoms with Gasteiger partial charge in [-0.1, -0.05) is 90.4 Å². The van der Waals surface area contributed by atoms with E-state index in [0.717, 1.165) is 57.8 Å². The molecular formula is C49H86N6O15. The first kappa shape index (κ1) is 65.1. The number of amides is 6. The van der Waals surface area contributed by atoms with Gasteiger partial charge < -0.3 is 70.3 Å². The molecule has 0 aliphatic rings. The van der Waals surface area contributed by atoms with E-state index in [0.29, 0.717) is 31.8 Å². The predicted molar refractivity (Wildman–Crippen MR) is 260 cm³/mol. The summed E-state index contributed by atoms with van der Waals surface area (Å²) in [4.78, 5) is 118. The van der Waals surface area contributed by atoms with Crippen LogP contribution in [0.15, 0.2) is 0 Å². The first-order valence-electron chi connectivity index (χ1n) is 25.5. The van der Waals surface area contributed by atoms with Crippen molar-refractivity contribution in [3.8, 4) is 0 Å². The largest absolute Gasteiger partial charge is 0.481 e. The van der Waals surface area contributed by atoms with Crippen molar-refractivity contribution in [2.24, 2.45) is 0 Å². The number of aliphatic carboxylic acids is 1. The average molecular weight is 999 g/mol. The van der Waals surface area contributed by atoms with Crippen LogP contribution in [0.25, 0.3) is 0 Å². The molecule has 0 bridgehead atoms. The monoisotopic (exact) mass is 999 g/mol. The number of carbonyl (C=O) groups is 10. The van der Waals surface area contributed by atoms with Crippen molar-refractivity contribution in [1.29, 1.82) is 0 Å². The molecule has 0 radical (unpaired) electrons. The molecule has 0 spiro atoms. The van der Waals surface area contributed by atoms with E-state index in [2.05, 4.69) is 31.9 Å². The normalized spacial score (nSPS) is 12.2. The van der Waals surface area contributed by atoms with Gasteiger partial charge in [0.05, 0.1) is 57.8 Å². The number of hydrogen-bond acceptors (Lipinski definition) is 14. The third kappa shape index (κ3) is 44.4. The molecule has 21 heteroatoms. The van der Waals surface area contributed by atoms with Crippen molar-refractivity contribution >= 4 is 60.3 Å². The highest BCUT2D eigenvalue weighted by molar-refractivity contribution is 5.83. The number of carboxylic acid groups (broad SMARTS) is 1. The van der Waals surface area contributed by atoms with Crippen LogP contribution in [0.4, 0.5) is 0 Å². The summed E-state index contributed by atoms with van der Waals surface area (Å²) < 4.78 is 21.2. The summed E-state index contributed by atoms with van der Waals surface area (Å²) >= 11 is 0. The Morgan fingerprint density at radius 1 is 0.386 bits per heavy atom. The van der Waals surface area contributed by atoms with Crippen LogP contribution in [0.5, 0.6) is 0 Å². The third-order valence-corrected chi connectivity index (χ3v) is 10.8. The van der Waals surface area contributed by atoms with Crippen molar-refractivity contribution < 1.29 is 72.0 Å². The Bertz CT molecular complexity index is 1460. The SMILES string of the molecule is CCCCNC(=O)COCCOCCNC(=O)COCCOCCNC(=O)CC[C@@H](C=O)NC(=O)CC[C@@H](C=O)NC(=O)CC[C@@H](C=O)NC(=O)CCCCCCCCCCCCCCCCC(=O)O. The quantitative estimate of drug-likeness (QED) is 0.0341. The molecule has 7 N–H and O–H groups in total. The van der Waals surface area contributed by atoms with Gasteiger partial charge in [0.2, 0.25) is 35.4 Å². The molecular weight excluding hydrogens is 913 g/mol.